The number of hydrogen-bond acceptors (Lipinski definition) is 3. The highest BCUT2D eigenvalue weighted by molar-refractivity contribution is 5.73. The van der Waals surface area contributed by atoms with Gasteiger partial charge in [0.2, 0.25) is 0 Å². The van der Waals surface area contributed by atoms with Crippen molar-refractivity contribution in [2.75, 3.05) is 0 Å². The number of benzene rings is 1. The predicted molar refractivity (Wildman–Crippen MR) is 52.4 cm³/mol. The van der Waals surface area contributed by atoms with E-state index in [1.807, 2.05) is 0 Å². The maximum Gasteiger partial charge on any atom is 0.573 e. The molecule has 1 aromatic rings. The molecule has 0 aliphatic rings. The molecule has 0 heterocycles. The van der Waals surface area contributed by atoms with Crippen LogP contribution in [0, 0.1) is 5.82 Å². The first-order chi connectivity index (χ1) is 8.19. The Balaban J connectivity index is 3.00. The summed E-state index contributed by atoms with van der Waals surface area (Å²) < 4.78 is 52.7. The van der Waals surface area contributed by atoms with Crippen LogP contribution >= 0.6 is 0 Å². The third-order valence-corrected chi connectivity index (χ3v) is 2.01. The molecule has 4 nitrogen and oxygen atoms in total. The lowest BCUT2D eigenvalue weighted by Crippen LogP contribution is -2.32. The summed E-state index contributed by atoms with van der Waals surface area (Å²) in [4.78, 5) is 10.5. The number of ether oxygens (including phenoxy) is 1. The van der Waals surface area contributed by atoms with Gasteiger partial charge in [-0.05, 0) is 23.8 Å². The van der Waals surface area contributed by atoms with Gasteiger partial charge in [0.05, 0.1) is 0 Å². The van der Waals surface area contributed by atoms with Gasteiger partial charge in [0.25, 0.3) is 0 Å². The first kappa shape index (κ1) is 14.2. The van der Waals surface area contributed by atoms with Gasteiger partial charge in [-0.2, -0.15) is 0 Å². The Hall–Kier alpha value is -1.83. The summed E-state index contributed by atoms with van der Waals surface area (Å²) in [6, 6.07) is 0.857. The molecule has 8 heteroatoms. The molecular formula is C10H9F4NO3. The van der Waals surface area contributed by atoms with E-state index in [1.165, 1.54) is 0 Å². The first-order valence-corrected chi connectivity index (χ1v) is 4.71. The molecule has 0 radical (unpaired) electrons. The number of rotatable bonds is 4. The summed E-state index contributed by atoms with van der Waals surface area (Å²) in [7, 11) is 0. The molecule has 0 aromatic heterocycles. The van der Waals surface area contributed by atoms with Crippen molar-refractivity contribution >= 4 is 5.97 Å². The lowest BCUT2D eigenvalue weighted by Gasteiger charge is -2.14. The molecule has 0 bridgehead atoms. The van der Waals surface area contributed by atoms with Crippen molar-refractivity contribution < 1.29 is 32.2 Å². The van der Waals surface area contributed by atoms with Crippen molar-refractivity contribution in [2.24, 2.45) is 5.73 Å². The number of nitrogens with two attached hydrogens (primary N) is 1. The van der Waals surface area contributed by atoms with Crippen molar-refractivity contribution in [1.82, 2.24) is 0 Å². The second kappa shape index (κ2) is 5.21. The molecule has 1 unspecified atom stereocenters. The lowest BCUT2D eigenvalue weighted by molar-refractivity contribution is -0.274. The van der Waals surface area contributed by atoms with Gasteiger partial charge in [0.1, 0.15) is 17.6 Å². The van der Waals surface area contributed by atoms with Gasteiger partial charge in [-0.25, -0.2) is 4.39 Å². The predicted octanol–water partition coefficient (Wildman–Crippen LogP) is 1.68. The third-order valence-electron chi connectivity index (χ3n) is 2.01. The summed E-state index contributed by atoms with van der Waals surface area (Å²) in [6.07, 6.45) is -5.42. The zero-order valence-electron chi connectivity index (χ0n) is 8.87. The zero-order chi connectivity index (χ0) is 13.9. The van der Waals surface area contributed by atoms with Crippen LogP contribution in [0.15, 0.2) is 18.2 Å². The fourth-order valence-electron chi connectivity index (χ4n) is 1.26. The van der Waals surface area contributed by atoms with Crippen LogP contribution < -0.4 is 10.5 Å². The van der Waals surface area contributed by atoms with Crippen LogP contribution in [0.1, 0.15) is 5.56 Å². The third kappa shape index (κ3) is 4.21. The van der Waals surface area contributed by atoms with Crippen LogP contribution in [-0.2, 0) is 11.2 Å². The van der Waals surface area contributed by atoms with Gasteiger partial charge in [-0.3, -0.25) is 4.79 Å². The van der Waals surface area contributed by atoms with E-state index >= 15 is 0 Å². The molecule has 0 fully saturated rings. The van der Waals surface area contributed by atoms with Gasteiger partial charge in [-0.15, -0.1) is 13.2 Å². The molecular weight excluding hydrogens is 258 g/mol. The Kier molecular flexibility index (Phi) is 4.12. The van der Waals surface area contributed by atoms with Crippen molar-refractivity contribution in [3.8, 4) is 5.75 Å². The molecule has 18 heavy (non-hydrogen) atoms. The maximum absolute atomic E-state index is 12.9. The van der Waals surface area contributed by atoms with E-state index in [-0.39, 0.29) is 5.56 Å². The Morgan fingerprint density at radius 2 is 2.06 bits per heavy atom. The fraction of sp³-hybridized carbons (Fsp3) is 0.300. The van der Waals surface area contributed by atoms with E-state index in [1.54, 1.807) is 0 Å². The number of carboxylic acids is 1. The zero-order valence-corrected chi connectivity index (χ0v) is 8.87. The molecule has 1 aromatic carbocycles. The summed E-state index contributed by atoms with van der Waals surface area (Å²) in [5.74, 6) is -2.88. The molecule has 0 aliphatic heterocycles. The van der Waals surface area contributed by atoms with E-state index in [0.29, 0.717) is 0 Å². The lowest BCUT2D eigenvalue weighted by atomic mass is 10.1. The van der Waals surface area contributed by atoms with Crippen LogP contribution in [0.4, 0.5) is 17.6 Å². The Labute approximate surface area is 99.0 Å². The number of hydrogen-bond donors (Lipinski definition) is 2. The Morgan fingerprint density at radius 3 is 2.56 bits per heavy atom. The second-order valence-corrected chi connectivity index (χ2v) is 3.45. The molecule has 1 atom stereocenters. The van der Waals surface area contributed by atoms with E-state index in [4.69, 9.17) is 10.8 Å². The van der Waals surface area contributed by atoms with Crippen LogP contribution in [-0.4, -0.2) is 23.5 Å². The van der Waals surface area contributed by atoms with Gasteiger partial charge in [0.15, 0.2) is 0 Å². The molecule has 0 amide bonds. The van der Waals surface area contributed by atoms with Gasteiger partial charge >= 0.3 is 12.3 Å². The monoisotopic (exact) mass is 267 g/mol. The van der Waals surface area contributed by atoms with Crippen LogP contribution in [0.2, 0.25) is 0 Å². The van der Waals surface area contributed by atoms with E-state index in [9.17, 15) is 22.4 Å². The normalized spacial score (nSPS) is 13.2. The minimum absolute atomic E-state index is 0.262. The number of carboxylic acid groups (broad SMARTS) is 1. The molecule has 100 valence electrons. The summed E-state index contributed by atoms with van der Waals surface area (Å²) in [6.45, 7) is 0. The highest BCUT2D eigenvalue weighted by atomic mass is 19.4. The molecule has 1 rings (SSSR count). The van der Waals surface area contributed by atoms with Crippen molar-refractivity contribution in [2.45, 2.75) is 18.8 Å². The quantitative estimate of drug-likeness (QED) is 0.814. The topological polar surface area (TPSA) is 72.5 Å². The minimum Gasteiger partial charge on any atom is -0.480 e. The minimum atomic E-state index is -4.94. The smallest absolute Gasteiger partial charge is 0.480 e. The first-order valence-electron chi connectivity index (χ1n) is 4.71. The highest BCUT2D eigenvalue weighted by Crippen LogP contribution is 2.27. The van der Waals surface area contributed by atoms with Crippen LogP contribution in [0.5, 0.6) is 5.75 Å². The number of alkyl halides is 3. The SMILES string of the molecule is NC(Cc1cc(F)ccc1OC(F)(F)F)C(=O)O. The maximum atomic E-state index is 12.9. The molecule has 0 spiro atoms. The fourth-order valence-corrected chi connectivity index (χ4v) is 1.26. The second-order valence-electron chi connectivity index (χ2n) is 3.45. The summed E-state index contributed by atoms with van der Waals surface area (Å²) >= 11 is 0. The molecule has 0 saturated carbocycles. The van der Waals surface area contributed by atoms with Crippen molar-refractivity contribution in [3.05, 3.63) is 29.6 Å². The van der Waals surface area contributed by atoms with Gasteiger partial charge < -0.3 is 15.6 Å². The van der Waals surface area contributed by atoms with Gasteiger partial charge in [-0.1, -0.05) is 0 Å². The number of halogens is 4. The number of aliphatic carboxylic acids is 1. The Bertz CT molecular complexity index is 447. The standard InChI is InChI=1S/C10H9F4NO3/c11-6-1-2-8(18-10(12,13)14)5(3-6)4-7(15)9(16)17/h1-3,7H,4,15H2,(H,16,17). The molecule has 0 saturated heterocycles. The van der Waals surface area contributed by atoms with Crippen LogP contribution in [0.25, 0.3) is 0 Å². The largest absolute Gasteiger partial charge is 0.573 e. The highest BCUT2D eigenvalue weighted by Gasteiger charge is 2.32. The summed E-state index contributed by atoms with van der Waals surface area (Å²) in [5.41, 5.74) is 4.91. The average molecular weight is 267 g/mol. The molecule has 3 N–H and O–H groups in total. The van der Waals surface area contributed by atoms with E-state index in [0.717, 1.165) is 18.2 Å². The van der Waals surface area contributed by atoms with E-state index < -0.39 is 36.4 Å². The van der Waals surface area contributed by atoms with Gasteiger partial charge in [0, 0.05) is 6.42 Å². The van der Waals surface area contributed by atoms with Crippen molar-refractivity contribution in [1.29, 1.82) is 0 Å². The van der Waals surface area contributed by atoms with Crippen LogP contribution in [0.3, 0.4) is 0 Å². The Morgan fingerprint density at radius 1 is 1.44 bits per heavy atom. The van der Waals surface area contributed by atoms with E-state index in [2.05, 4.69) is 4.74 Å². The average Bonchev–Trinajstić information content (AvgIpc) is 2.20. The molecule has 0 aliphatic carbocycles. The van der Waals surface area contributed by atoms with Crippen molar-refractivity contribution in [3.63, 3.8) is 0 Å². The summed E-state index contributed by atoms with van der Waals surface area (Å²) in [5, 5.41) is 8.55. The number of carbonyl (C=O) groups is 1.